The van der Waals surface area contributed by atoms with Crippen LogP contribution < -0.4 is 4.57 Å². The first-order chi connectivity index (χ1) is 9.36. The van der Waals surface area contributed by atoms with Crippen LogP contribution in [0, 0.1) is 0 Å². The van der Waals surface area contributed by atoms with Crippen LogP contribution in [0.4, 0.5) is 0 Å². The van der Waals surface area contributed by atoms with Gasteiger partial charge in [-0.25, -0.2) is 4.57 Å². The van der Waals surface area contributed by atoms with E-state index in [4.69, 9.17) is 0 Å². The molecule has 1 nitrogen and oxygen atoms in total. The number of unbranched alkanes of at least 4 members (excludes halogenated alkanes) is 7. The Morgan fingerprint density at radius 3 is 1.89 bits per heavy atom. The Hall–Kier alpha value is -0.850. The van der Waals surface area contributed by atoms with Gasteiger partial charge < -0.3 is 0 Å². The molecular formula is C18H32N+. The van der Waals surface area contributed by atoms with E-state index in [1.807, 2.05) is 0 Å². The second kappa shape index (κ2) is 11.0. The smallest absolute Gasteiger partial charge is 0.169 e. The maximum Gasteiger partial charge on any atom is 0.169 e. The normalized spacial score (nSPS) is 10.8. The van der Waals surface area contributed by atoms with Crippen molar-refractivity contribution in [2.45, 2.75) is 84.6 Å². The Balaban J connectivity index is 2.02. The minimum absolute atomic E-state index is 1.14. The molecule has 1 rings (SSSR count). The molecule has 1 heteroatoms. The minimum atomic E-state index is 1.14. The average Bonchev–Trinajstić information content (AvgIpc) is 2.44. The van der Waals surface area contributed by atoms with Crippen LogP contribution >= 0.6 is 0 Å². The molecule has 0 N–H and O–H groups in total. The Morgan fingerprint density at radius 1 is 0.737 bits per heavy atom. The number of pyridine rings is 1. The lowest BCUT2D eigenvalue weighted by Gasteiger charge is -2.02. The number of rotatable bonds is 11. The van der Waals surface area contributed by atoms with E-state index in [1.54, 1.807) is 0 Å². The second-order valence-electron chi connectivity index (χ2n) is 5.67. The molecule has 0 aromatic carbocycles. The summed E-state index contributed by atoms with van der Waals surface area (Å²) in [5.41, 5.74) is 1.50. The van der Waals surface area contributed by atoms with E-state index >= 15 is 0 Å². The Kier molecular flexibility index (Phi) is 9.40. The number of hydrogen-bond donors (Lipinski definition) is 0. The van der Waals surface area contributed by atoms with Gasteiger partial charge in [0.25, 0.3) is 0 Å². The van der Waals surface area contributed by atoms with Gasteiger partial charge in [-0.1, -0.05) is 58.8 Å². The number of aryl methyl sites for hydroxylation is 2. The lowest BCUT2D eigenvalue weighted by Crippen LogP contribution is -2.32. The molecule has 0 bridgehead atoms. The van der Waals surface area contributed by atoms with Crippen molar-refractivity contribution in [3.8, 4) is 0 Å². The fourth-order valence-electron chi connectivity index (χ4n) is 2.53. The summed E-state index contributed by atoms with van der Waals surface area (Å²) in [6, 6.07) is 4.58. The van der Waals surface area contributed by atoms with Gasteiger partial charge >= 0.3 is 0 Å². The molecule has 0 saturated carbocycles. The number of hydrogen-bond acceptors (Lipinski definition) is 0. The standard InChI is InChI=1S/C18H32N/c1-3-5-6-7-8-9-10-11-12-18-13-16-19(15-4-2)17-14-18/h13-14,16-17H,3-12,15H2,1-2H3/q+1. The molecule has 0 aliphatic rings. The Labute approximate surface area is 120 Å². The monoisotopic (exact) mass is 262 g/mol. The zero-order chi connectivity index (χ0) is 13.8. The first-order valence-corrected chi connectivity index (χ1v) is 8.34. The van der Waals surface area contributed by atoms with E-state index in [-0.39, 0.29) is 0 Å². The summed E-state index contributed by atoms with van der Waals surface area (Å²) in [5.74, 6) is 0. The fourth-order valence-corrected chi connectivity index (χ4v) is 2.53. The van der Waals surface area contributed by atoms with E-state index in [0.29, 0.717) is 0 Å². The van der Waals surface area contributed by atoms with Gasteiger partial charge in [0.05, 0.1) is 0 Å². The molecule has 0 radical (unpaired) electrons. The maximum atomic E-state index is 2.29. The summed E-state index contributed by atoms with van der Waals surface area (Å²) >= 11 is 0. The molecule has 0 amide bonds. The van der Waals surface area contributed by atoms with E-state index in [0.717, 1.165) is 6.54 Å². The van der Waals surface area contributed by atoms with Crippen LogP contribution in [0.15, 0.2) is 24.5 Å². The highest BCUT2D eigenvalue weighted by atomic mass is 14.9. The molecule has 108 valence electrons. The first-order valence-electron chi connectivity index (χ1n) is 8.34. The SMILES string of the molecule is CCCCCCCCCCc1cc[n+](CCC)cc1. The van der Waals surface area contributed by atoms with E-state index in [1.165, 1.54) is 69.8 Å². The summed E-state index contributed by atoms with van der Waals surface area (Å²) in [6.45, 7) is 5.64. The van der Waals surface area contributed by atoms with Crippen LogP contribution in [-0.2, 0) is 13.0 Å². The third-order valence-electron chi connectivity index (χ3n) is 3.76. The first kappa shape index (κ1) is 16.2. The van der Waals surface area contributed by atoms with Crippen molar-refractivity contribution in [3.05, 3.63) is 30.1 Å². The Bertz CT molecular complexity index is 302. The third-order valence-corrected chi connectivity index (χ3v) is 3.76. The van der Waals surface area contributed by atoms with Crippen LogP contribution in [0.1, 0.15) is 77.2 Å². The van der Waals surface area contributed by atoms with Crippen molar-refractivity contribution in [2.75, 3.05) is 0 Å². The average molecular weight is 262 g/mol. The van der Waals surface area contributed by atoms with Gasteiger partial charge in [0, 0.05) is 18.6 Å². The van der Waals surface area contributed by atoms with Gasteiger partial charge in [0.1, 0.15) is 6.54 Å². The van der Waals surface area contributed by atoms with Gasteiger partial charge in [-0.2, -0.15) is 0 Å². The zero-order valence-electron chi connectivity index (χ0n) is 13.0. The number of aromatic nitrogens is 1. The summed E-state index contributed by atoms with van der Waals surface area (Å²) in [4.78, 5) is 0. The predicted octanol–water partition coefficient (Wildman–Crippen LogP) is 5.07. The topological polar surface area (TPSA) is 3.88 Å². The highest BCUT2D eigenvalue weighted by Crippen LogP contribution is 2.10. The van der Waals surface area contributed by atoms with Gasteiger partial charge in [-0.05, 0) is 18.4 Å². The quantitative estimate of drug-likeness (QED) is 0.387. The molecule has 0 saturated heterocycles. The van der Waals surface area contributed by atoms with E-state index in [2.05, 4.69) is 42.9 Å². The van der Waals surface area contributed by atoms with Crippen LogP contribution in [0.3, 0.4) is 0 Å². The molecule has 0 spiro atoms. The van der Waals surface area contributed by atoms with Gasteiger partial charge in [0.2, 0.25) is 0 Å². The van der Waals surface area contributed by atoms with Crippen LogP contribution in [0.25, 0.3) is 0 Å². The molecule has 0 aliphatic carbocycles. The predicted molar refractivity (Wildman–Crippen MR) is 83.2 cm³/mol. The zero-order valence-corrected chi connectivity index (χ0v) is 13.0. The molecule has 1 aromatic heterocycles. The molecular weight excluding hydrogens is 230 g/mol. The van der Waals surface area contributed by atoms with Crippen LogP contribution in [0.2, 0.25) is 0 Å². The lowest BCUT2D eigenvalue weighted by molar-refractivity contribution is -0.697. The van der Waals surface area contributed by atoms with E-state index in [9.17, 15) is 0 Å². The van der Waals surface area contributed by atoms with Crippen molar-refractivity contribution in [2.24, 2.45) is 0 Å². The van der Waals surface area contributed by atoms with Gasteiger partial charge in [-0.15, -0.1) is 0 Å². The summed E-state index contributed by atoms with van der Waals surface area (Å²) in [7, 11) is 0. The largest absolute Gasteiger partial charge is 0.205 e. The van der Waals surface area contributed by atoms with Crippen molar-refractivity contribution in [3.63, 3.8) is 0 Å². The van der Waals surface area contributed by atoms with E-state index < -0.39 is 0 Å². The van der Waals surface area contributed by atoms with Crippen LogP contribution in [-0.4, -0.2) is 0 Å². The molecule has 0 fully saturated rings. The van der Waals surface area contributed by atoms with Crippen molar-refractivity contribution >= 4 is 0 Å². The molecule has 1 heterocycles. The summed E-state index contributed by atoms with van der Waals surface area (Å²) < 4.78 is 2.28. The maximum absolute atomic E-state index is 2.29. The molecule has 0 unspecified atom stereocenters. The molecule has 0 aliphatic heterocycles. The highest BCUT2D eigenvalue weighted by molar-refractivity contribution is 5.07. The molecule has 1 aromatic rings. The minimum Gasteiger partial charge on any atom is -0.205 e. The summed E-state index contributed by atoms with van der Waals surface area (Å²) in [5, 5.41) is 0. The second-order valence-corrected chi connectivity index (χ2v) is 5.67. The van der Waals surface area contributed by atoms with Crippen LogP contribution in [0.5, 0.6) is 0 Å². The molecule has 19 heavy (non-hydrogen) atoms. The van der Waals surface area contributed by atoms with Gasteiger partial charge in [-0.3, -0.25) is 0 Å². The van der Waals surface area contributed by atoms with Gasteiger partial charge in [0.15, 0.2) is 12.4 Å². The highest BCUT2D eigenvalue weighted by Gasteiger charge is 1.99. The number of nitrogens with zero attached hydrogens (tertiary/aromatic N) is 1. The summed E-state index contributed by atoms with van der Waals surface area (Å²) in [6.07, 6.45) is 18.2. The van der Waals surface area contributed by atoms with Crippen molar-refractivity contribution < 1.29 is 4.57 Å². The fraction of sp³-hybridized carbons (Fsp3) is 0.722. The molecule has 0 atom stereocenters. The Morgan fingerprint density at radius 2 is 1.32 bits per heavy atom. The lowest BCUT2D eigenvalue weighted by atomic mass is 10.0. The van der Waals surface area contributed by atoms with Crippen molar-refractivity contribution in [1.82, 2.24) is 0 Å². The third kappa shape index (κ3) is 8.02. The van der Waals surface area contributed by atoms with Crippen molar-refractivity contribution in [1.29, 1.82) is 0 Å².